The quantitative estimate of drug-likeness (QED) is 0.753. The Balaban J connectivity index is 1.92. The largest absolute Gasteiger partial charge is 0.337 e. The predicted octanol–water partition coefficient (Wildman–Crippen LogP) is -0.817. The minimum absolute atomic E-state index is 0.0719. The van der Waals surface area contributed by atoms with Crippen molar-refractivity contribution in [1.29, 1.82) is 0 Å². The Hall–Kier alpha value is -1.10. The lowest BCUT2D eigenvalue weighted by molar-refractivity contribution is 0.0670. The van der Waals surface area contributed by atoms with Crippen LogP contribution in [-0.4, -0.2) is 48.4 Å². The van der Waals surface area contributed by atoms with Crippen LogP contribution in [0, 0.1) is 5.92 Å². The number of carbonyl (C=O) groups is 1. The molecule has 2 rings (SSSR count). The second-order valence-electron chi connectivity index (χ2n) is 4.44. The number of nitrogens with zero attached hydrogens (tertiary/aromatic N) is 3. The SMILES string of the molecule is NS(=O)(=O)NCC1CCCN(C(=O)c2csnn2)C1. The smallest absolute Gasteiger partial charge is 0.275 e. The molecule has 8 nitrogen and oxygen atoms in total. The highest BCUT2D eigenvalue weighted by Gasteiger charge is 2.26. The van der Waals surface area contributed by atoms with Gasteiger partial charge in [0, 0.05) is 25.0 Å². The van der Waals surface area contributed by atoms with Gasteiger partial charge in [-0.05, 0) is 30.3 Å². The van der Waals surface area contributed by atoms with Crippen molar-refractivity contribution >= 4 is 27.6 Å². The molecule has 1 aliphatic heterocycles. The van der Waals surface area contributed by atoms with Crippen LogP contribution in [0.4, 0.5) is 0 Å². The number of amides is 1. The van der Waals surface area contributed by atoms with Gasteiger partial charge in [0.2, 0.25) is 0 Å². The fourth-order valence-electron chi connectivity index (χ4n) is 2.07. The van der Waals surface area contributed by atoms with Crippen LogP contribution in [0.3, 0.4) is 0 Å². The third kappa shape index (κ3) is 4.20. The Labute approximate surface area is 115 Å². The molecular weight excluding hydrogens is 290 g/mol. The second-order valence-corrected chi connectivity index (χ2v) is 6.43. The minimum Gasteiger partial charge on any atom is -0.337 e. The monoisotopic (exact) mass is 305 g/mol. The zero-order valence-electron chi connectivity index (χ0n) is 10.2. The zero-order valence-corrected chi connectivity index (χ0v) is 11.8. The van der Waals surface area contributed by atoms with E-state index >= 15 is 0 Å². The van der Waals surface area contributed by atoms with E-state index in [4.69, 9.17) is 5.14 Å². The highest BCUT2D eigenvalue weighted by Crippen LogP contribution is 2.17. The maximum Gasteiger partial charge on any atom is 0.275 e. The molecule has 106 valence electrons. The summed E-state index contributed by atoms with van der Waals surface area (Å²) < 4.78 is 27.6. The summed E-state index contributed by atoms with van der Waals surface area (Å²) in [5, 5.41) is 10.2. The van der Waals surface area contributed by atoms with Crippen LogP contribution < -0.4 is 9.86 Å². The Bertz CT molecular complexity index is 530. The molecule has 3 N–H and O–H groups in total. The van der Waals surface area contributed by atoms with Crippen molar-refractivity contribution in [2.75, 3.05) is 19.6 Å². The molecule has 1 unspecified atom stereocenters. The van der Waals surface area contributed by atoms with E-state index < -0.39 is 10.2 Å². The molecule has 0 saturated carbocycles. The number of hydrogen-bond donors (Lipinski definition) is 2. The van der Waals surface area contributed by atoms with Crippen LogP contribution in [-0.2, 0) is 10.2 Å². The Morgan fingerprint density at radius 2 is 2.42 bits per heavy atom. The molecular formula is C9H15N5O3S2. The number of hydrogen-bond acceptors (Lipinski definition) is 6. The first-order chi connectivity index (χ1) is 8.96. The van der Waals surface area contributed by atoms with Crippen molar-refractivity contribution in [3.05, 3.63) is 11.1 Å². The van der Waals surface area contributed by atoms with Crippen LogP contribution >= 0.6 is 11.5 Å². The molecule has 2 heterocycles. The molecule has 0 bridgehead atoms. The molecule has 1 aromatic rings. The van der Waals surface area contributed by atoms with Crippen molar-refractivity contribution in [2.45, 2.75) is 12.8 Å². The van der Waals surface area contributed by atoms with Crippen LogP contribution in [0.5, 0.6) is 0 Å². The van der Waals surface area contributed by atoms with Gasteiger partial charge in [-0.3, -0.25) is 4.79 Å². The van der Waals surface area contributed by atoms with Crippen molar-refractivity contribution in [3.63, 3.8) is 0 Å². The van der Waals surface area contributed by atoms with E-state index in [0.717, 1.165) is 24.4 Å². The summed E-state index contributed by atoms with van der Waals surface area (Å²) in [4.78, 5) is 13.8. The third-order valence-corrected chi connectivity index (χ3v) is 4.03. The molecule has 0 aliphatic carbocycles. The summed E-state index contributed by atoms with van der Waals surface area (Å²) in [7, 11) is -3.68. The molecule has 1 fully saturated rings. The molecule has 1 atom stereocenters. The summed E-state index contributed by atoms with van der Waals surface area (Å²) in [6, 6.07) is 0. The highest BCUT2D eigenvalue weighted by molar-refractivity contribution is 7.87. The highest BCUT2D eigenvalue weighted by atomic mass is 32.2. The number of likely N-dealkylation sites (tertiary alicyclic amines) is 1. The van der Waals surface area contributed by atoms with Crippen molar-refractivity contribution in [3.8, 4) is 0 Å². The predicted molar refractivity (Wildman–Crippen MR) is 69.6 cm³/mol. The van der Waals surface area contributed by atoms with Crippen LogP contribution in [0.15, 0.2) is 5.38 Å². The number of carbonyl (C=O) groups excluding carboxylic acids is 1. The number of piperidine rings is 1. The van der Waals surface area contributed by atoms with Crippen molar-refractivity contribution in [2.24, 2.45) is 11.1 Å². The average Bonchev–Trinajstić information content (AvgIpc) is 2.89. The summed E-state index contributed by atoms with van der Waals surface area (Å²) in [5.41, 5.74) is 0.338. The zero-order chi connectivity index (χ0) is 13.9. The maximum atomic E-state index is 12.1. The van der Waals surface area contributed by atoms with Gasteiger partial charge in [0.05, 0.1) is 0 Å². The van der Waals surface area contributed by atoms with Crippen molar-refractivity contribution in [1.82, 2.24) is 19.2 Å². The number of rotatable bonds is 4. The van der Waals surface area contributed by atoms with Gasteiger partial charge in [-0.15, -0.1) is 5.10 Å². The van der Waals surface area contributed by atoms with Gasteiger partial charge in [0.25, 0.3) is 16.1 Å². The van der Waals surface area contributed by atoms with E-state index in [2.05, 4.69) is 14.3 Å². The van der Waals surface area contributed by atoms with E-state index in [0.29, 0.717) is 18.8 Å². The second kappa shape index (κ2) is 5.90. The van der Waals surface area contributed by atoms with Gasteiger partial charge in [-0.25, -0.2) is 9.86 Å². The fourth-order valence-corrected chi connectivity index (χ4v) is 2.97. The summed E-state index contributed by atoms with van der Waals surface area (Å²) in [6.45, 7) is 1.40. The first-order valence-corrected chi connectivity index (χ1v) is 8.18. The van der Waals surface area contributed by atoms with E-state index in [1.165, 1.54) is 0 Å². The van der Waals surface area contributed by atoms with E-state index in [1.54, 1.807) is 10.3 Å². The van der Waals surface area contributed by atoms with Gasteiger partial charge in [-0.1, -0.05) is 4.49 Å². The van der Waals surface area contributed by atoms with Crippen molar-refractivity contribution < 1.29 is 13.2 Å². The van der Waals surface area contributed by atoms with Gasteiger partial charge in [0.15, 0.2) is 5.69 Å². The Morgan fingerprint density at radius 1 is 1.63 bits per heavy atom. The van der Waals surface area contributed by atoms with E-state index in [-0.39, 0.29) is 18.4 Å². The lowest BCUT2D eigenvalue weighted by Gasteiger charge is -2.32. The molecule has 1 aromatic heterocycles. The molecule has 0 aromatic carbocycles. The van der Waals surface area contributed by atoms with Gasteiger partial charge in [-0.2, -0.15) is 8.42 Å². The molecule has 10 heteroatoms. The van der Waals surface area contributed by atoms with E-state index in [1.807, 2.05) is 0 Å². The van der Waals surface area contributed by atoms with E-state index in [9.17, 15) is 13.2 Å². The number of nitrogens with two attached hydrogens (primary N) is 1. The number of nitrogens with one attached hydrogen (secondary N) is 1. The molecule has 1 amide bonds. The maximum absolute atomic E-state index is 12.1. The number of aromatic nitrogens is 2. The average molecular weight is 305 g/mol. The third-order valence-electron chi connectivity index (χ3n) is 2.96. The molecule has 19 heavy (non-hydrogen) atoms. The molecule has 0 radical (unpaired) electrons. The van der Waals surface area contributed by atoms with Crippen LogP contribution in [0.25, 0.3) is 0 Å². The van der Waals surface area contributed by atoms with Crippen LogP contribution in [0.1, 0.15) is 23.3 Å². The lowest BCUT2D eigenvalue weighted by atomic mass is 9.98. The molecule has 1 saturated heterocycles. The van der Waals surface area contributed by atoms with Gasteiger partial charge >= 0.3 is 0 Å². The summed E-state index contributed by atoms with van der Waals surface area (Å²) >= 11 is 1.13. The molecule has 1 aliphatic rings. The topological polar surface area (TPSA) is 118 Å². The minimum atomic E-state index is -3.68. The first kappa shape index (κ1) is 14.3. The van der Waals surface area contributed by atoms with Gasteiger partial charge < -0.3 is 4.90 Å². The normalized spacial score (nSPS) is 20.5. The lowest BCUT2D eigenvalue weighted by Crippen LogP contribution is -2.44. The first-order valence-electron chi connectivity index (χ1n) is 5.79. The Kier molecular flexibility index (Phi) is 4.45. The Morgan fingerprint density at radius 3 is 3.05 bits per heavy atom. The van der Waals surface area contributed by atoms with Crippen LogP contribution in [0.2, 0.25) is 0 Å². The fraction of sp³-hybridized carbons (Fsp3) is 0.667. The molecule has 0 spiro atoms. The van der Waals surface area contributed by atoms with Gasteiger partial charge in [0.1, 0.15) is 0 Å². The standard InChI is InChI=1S/C9H15N5O3S2/c10-19(16,17)11-4-7-2-1-3-14(5-7)9(15)8-6-18-13-12-8/h6-7,11H,1-5H2,(H2,10,16,17). The summed E-state index contributed by atoms with van der Waals surface area (Å²) in [6.07, 6.45) is 1.70. The summed E-state index contributed by atoms with van der Waals surface area (Å²) in [5.74, 6) is -0.0864.